The first-order chi connectivity index (χ1) is 9.69. The van der Waals surface area contributed by atoms with Crippen LogP contribution in [0.15, 0.2) is 12.4 Å². The maximum Gasteiger partial charge on any atom is 0.147 e. The number of nitrogens with one attached hydrogen (secondary N) is 1. The minimum Gasteiger partial charge on any atom is -0.354 e. The minimum atomic E-state index is 0.716. The molecule has 1 fully saturated rings. The molecule has 0 bridgehead atoms. The Hall–Kier alpha value is -1.20. The van der Waals surface area contributed by atoms with E-state index in [0.29, 0.717) is 6.04 Å². The van der Waals surface area contributed by atoms with E-state index in [1.165, 1.54) is 12.8 Å². The number of hydrogen-bond donors (Lipinski definition) is 1. The van der Waals surface area contributed by atoms with Crippen LogP contribution in [0.25, 0.3) is 0 Å². The molecule has 5 heteroatoms. The smallest absolute Gasteiger partial charge is 0.147 e. The lowest BCUT2D eigenvalue weighted by atomic mass is 10.3. The van der Waals surface area contributed by atoms with Crippen LogP contribution in [0, 0.1) is 0 Å². The van der Waals surface area contributed by atoms with Crippen molar-refractivity contribution in [3.63, 3.8) is 0 Å². The van der Waals surface area contributed by atoms with Crippen molar-refractivity contribution in [3.05, 3.63) is 18.1 Å². The summed E-state index contributed by atoms with van der Waals surface area (Å²) < 4.78 is 0. The van der Waals surface area contributed by atoms with E-state index in [1.54, 1.807) is 0 Å². The SMILES string of the molecule is CCCN(CCN(C)C)c1cnc(CNC2CC2)cn1. The molecule has 1 aliphatic carbocycles. The van der Waals surface area contributed by atoms with Crippen molar-refractivity contribution in [3.8, 4) is 0 Å². The van der Waals surface area contributed by atoms with E-state index in [1.807, 2.05) is 12.4 Å². The maximum atomic E-state index is 4.58. The van der Waals surface area contributed by atoms with Crippen LogP contribution in [-0.4, -0.2) is 54.6 Å². The van der Waals surface area contributed by atoms with Gasteiger partial charge in [-0.2, -0.15) is 0 Å². The molecule has 0 amide bonds. The zero-order valence-electron chi connectivity index (χ0n) is 13.0. The molecule has 0 atom stereocenters. The molecule has 112 valence electrons. The third-order valence-corrected chi connectivity index (χ3v) is 3.48. The highest BCUT2D eigenvalue weighted by molar-refractivity contribution is 5.35. The van der Waals surface area contributed by atoms with Gasteiger partial charge in [0.05, 0.1) is 18.1 Å². The van der Waals surface area contributed by atoms with E-state index >= 15 is 0 Å². The monoisotopic (exact) mass is 277 g/mol. The molecule has 1 aromatic rings. The molecule has 20 heavy (non-hydrogen) atoms. The Bertz CT molecular complexity index is 386. The Balaban J connectivity index is 1.89. The summed E-state index contributed by atoms with van der Waals surface area (Å²) in [5, 5.41) is 3.46. The van der Waals surface area contributed by atoms with E-state index in [-0.39, 0.29) is 0 Å². The van der Waals surface area contributed by atoms with Gasteiger partial charge in [-0.15, -0.1) is 0 Å². The average molecular weight is 277 g/mol. The molecule has 0 spiro atoms. The van der Waals surface area contributed by atoms with Gasteiger partial charge < -0.3 is 15.1 Å². The first kappa shape index (κ1) is 15.2. The summed E-state index contributed by atoms with van der Waals surface area (Å²) in [6.07, 6.45) is 7.55. The second-order valence-electron chi connectivity index (χ2n) is 5.81. The number of likely N-dealkylation sites (N-methyl/N-ethyl adjacent to an activating group) is 1. The Morgan fingerprint density at radius 1 is 1.15 bits per heavy atom. The molecular formula is C15H27N5. The fraction of sp³-hybridized carbons (Fsp3) is 0.733. The van der Waals surface area contributed by atoms with Crippen molar-refractivity contribution in [2.45, 2.75) is 38.8 Å². The van der Waals surface area contributed by atoms with Gasteiger partial charge in [-0.05, 0) is 33.4 Å². The van der Waals surface area contributed by atoms with Gasteiger partial charge in [0.15, 0.2) is 0 Å². The standard InChI is InChI=1S/C15H27N5/c1-4-7-20(9-8-19(2)3)15-12-17-14(11-18-15)10-16-13-5-6-13/h11-13,16H,4-10H2,1-3H3. The molecule has 1 heterocycles. The Labute approximate surface area is 122 Å². The third-order valence-electron chi connectivity index (χ3n) is 3.48. The van der Waals surface area contributed by atoms with Crippen LogP contribution in [0.2, 0.25) is 0 Å². The maximum absolute atomic E-state index is 4.58. The van der Waals surface area contributed by atoms with Gasteiger partial charge in [0.25, 0.3) is 0 Å². The van der Waals surface area contributed by atoms with Gasteiger partial charge in [0.2, 0.25) is 0 Å². The predicted molar refractivity (Wildman–Crippen MR) is 83.0 cm³/mol. The molecule has 0 aliphatic heterocycles. The molecule has 1 aromatic heterocycles. The number of nitrogens with zero attached hydrogens (tertiary/aromatic N) is 4. The van der Waals surface area contributed by atoms with Crippen molar-refractivity contribution in [1.82, 2.24) is 20.2 Å². The molecule has 2 rings (SSSR count). The average Bonchev–Trinajstić information content (AvgIpc) is 3.26. The summed E-state index contributed by atoms with van der Waals surface area (Å²) in [5.41, 5.74) is 1.03. The summed E-state index contributed by atoms with van der Waals surface area (Å²) in [7, 11) is 4.20. The topological polar surface area (TPSA) is 44.3 Å². The summed E-state index contributed by atoms with van der Waals surface area (Å²) in [4.78, 5) is 13.6. The molecule has 1 N–H and O–H groups in total. The number of aromatic nitrogens is 2. The van der Waals surface area contributed by atoms with Crippen LogP contribution in [0.3, 0.4) is 0 Å². The number of hydrogen-bond acceptors (Lipinski definition) is 5. The van der Waals surface area contributed by atoms with Crippen LogP contribution < -0.4 is 10.2 Å². The number of anilines is 1. The third kappa shape index (κ3) is 5.06. The van der Waals surface area contributed by atoms with Crippen LogP contribution in [0.5, 0.6) is 0 Å². The lowest BCUT2D eigenvalue weighted by Crippen LogP contribution is -2.33. The van der Waals surface area contributed by atoms with Crippen LogP contribution in [-0.2, 0) is 6.54 Å². The van der Waals surface area contributed by atoms with Crippen molar-refractivity contribution in [2.24, 2.45) is 0 Å². The van der Waals surface area contributed by atoms with Crippen molar-refractivity contribution < 1.29 is 0 Å². The molecular weight excluding hydrogens is 250 g/mol. The van der Waals surface area contributed by atoms with Gasteiger partial charge in [-0.3, -0.25) is 4.98 Å². The number of rotatable bonds is 9. The molecule has 0 saturated heterocycles. The van der Waals surface area contributed by atoms with E-state index in [0.717, 1.165) is 44.1 Å². The Morgan fingerprint density at radius 2 is 1.95 bits per heavy atom. The Kier molecular flexibility index (Phi) is 5.73. The van der Waals surface area contributed by atoms with Crippen LogP contribution in [0.1, 0.15) is 31.9 Å². The minimum absolute atomic E-state index is 0.716. The lowest BCUT2D eigenvalue weighted by Gasteiger charge is -2.24. The summed E-state index contributed by atoms with van der Waals surface area (Å²) in [5.74, 6) is 0.990. The van der Waals surface area contributed by atoms with E-state index in [9.17, 15) is 0 Å². The first-order valence-electron chi connectivity index (χ1n) is 7.63. The zero-order valence-corrected chi connectivity index (χ0v) is 13.0. The predicted octanol–water partition coefficient (Wildman–Crippen LogP) is 1.51. The molecule has 0 unspecified atom stereocenters. The van der Waals surface area contributed by atoms with E-state index < -0.39 is 0 Å². The highest BCUT2D eigenvalue weighted by Gasteiger charge is 2.20. The normalized spacial score (nSPS) is 14.8. The summed E-state index contributed by atoms with van der Waals surface area (Å²) in [6, 6.07) is 0.716. The summed E-state index contributed by atoms with van der Waals surface area (Å²) >= 11 is 0. The fourth-order valence-electron chi connectivity index (χ4n) is 2.07. The Morgan fingerprint density at radius 3 is 2.50 bits per heavy atom. The first-order valence-corrected chi connectivity index (χ1v) is 7.63. The highest BCUT2D eigenvalue weighted by Crippen LogP contribution is 2.19. The van der Waals surface area contributed by atoms with Gasteiger partial charge in [-0.25, -0.2) is 4.98 Å². The second kappa shape index (κ2) is 7.55. The summed E-state index contributed by atoms with van der Waals surface area (Å²) in [6.45, 7) is 6.09. The van der Waals surface area contributed by atoms with Crippen LogP contribution >= 0.6 is 0 Å². The molecule has 1 aliphatic rings. The van der Waals surface area contributed by atoms with E-state index in [2.05, 4.69) is 46.1 Å². The molecule has 1 saturated carbocycles. The molecule has 0 radical (unpaired) electrons. The van der Waals surface area contributed by atoms with Crippen molar-refractivity contribution >= 4 is 5.82 Å². The fourth-order valence-corrected chi connectivity index (χ4v) is 2.07. The quantitative estimate of drug-likeness (QED) is 0.741. The zero-order chi connectivity index (χ0) is 14.4. The van der Waals surface area contributed by atoms with Crippen LogP contribution in [0.4, 0.5) is 5.82 Å². The van der Waals surface area contributed by atoms with Crippen molar-refractivity contribution in [2.75, 3.05) is 38.6 Å². The molecule has 5 nitrogen and oxygen atoms in total. The van der Waals surface area contributed by atoms with Gasteiger partial charge in [0, 0.05) is 32.2 Å². The van der Waals surface area contributed by atoms with Gasteiger partial charge in [0.1, 0.15) is 5.82 Å². The van der Waals surface area contributed by atoms with E-state index in [4.69, 9.17) is 0 Å². The second-order valence-corrected chi connectivity index (χ2v) is 5.81. The van der Waals surface area contributed by atoms with Gasteiger partial charge in [-0.1, -0.05) is 6.92 Å². The van der Waals surface area contributed by atoms with Gasteiger partial charge >= 0.3 is 0 Å². The lowest BCUT2D eigenvalue weighted by molar-refractivity contribution is 0.412. The van der Waals surface area contributed by atoms with Crippen molar-refractivity contribution in [1.29, 1.82) is 0 Å². The highest BCUT2D eigenvalue weighted by atomic mass is 15.2. The molecule has 0 aromatic carbocycles. The largest absolute Gasteiger partial charge is 0.354 e.